The van der Waals surface area contributed by atoms with E-state index in [0.717, 1.165) is 29.9 Å². The number of nitrogens with one attached hydrogen (secondary N) is 2. The molecule has 0 aliphatic heterocycles. The van der Waals surface area contributed by atoms with Gasteiger partial charge in [0.2, 0.25) is 5.96 Å². The average Bonchev–Trinajstić information content (AvgIpc) is 3.02. The van der Waals surface area contributed by atoms with Crippen LogP contribution in [0, 0.1) is 27.7 Å². The number of carbonyl (C=O) groups is 1. The third-order valence-electron chi connectivity index (χ3n) is 5.29. The number of aryl methyl sites for hydroxylation is 4. The van der Waals surface area contributed by atoms with Crippen molar-refractivity contribution in [2.45, 2.75) is 47.6 Å². The Hall–Kier alpha value is -3.41. The predicted octanol–water partition coefficient (Wildman–Crippen LogP) is 4.58. The molecule has 6 nitrogen and oxygen atoms in total. The third-order valence-corrected chi connectivity index (χ3v) is 5.29. The second-order valence-electron chi connectivity index (χ2n) is 7.76. The van der Waals surface area contributed by atoms with E-state index in [1.165, 1.54) is 16.8 Å². The van der Waals surface area contributed by atoms with Crippen LogP contribution in [0.2, 0.25) is 0 Å². The van der Waals surface area contributed by atoms with E-state index in [1.807, 2.05) is 67.9 Å². The van der Waals surface area contributed by atoms with Gasteiger partial charge in [-0.05, 0) is 70.9 Å². The zero-order valence-corrected chi connectivity index (χ0v) is 19.0. The number of rotatable bonds is 6. The summed E-state index contributed by atoms with van der Waals surface area (Å²) >= 11 is 0. The van der Waals surface area contributed by atoms with Gasteiger partial charge in [-0.2, -0.15) is 5.10 Å². The van der Waals surface area contributed by atoms with Crippen LogP contribution in [0.3, 0.4) is 0 Å². The van der Waals surface area contributed by atoms with Crippen LogP contribution >= 0.6 is 0 Å². The second kappa shape index (κ2) is 10.1. The Morgan fingerprint density at radius 1 is 1.03 bits per heavy atom. The highest BCUT2D eigenvalue weighted by atomic mass is 16.1. The molecule has 3 aromatic rings. The molecule has 1 aromatic heterocycles. The van der Waals surface area contributed by atoms with E-state index in [1.54, 1.807) is 6.07 Å². The van der Waals surface area contributed by atoms with Crippen molar-refractivity contribution in [1.29, 1.82) is 0 Å². The smallest absolute Gasteiger partial charge is 0.257 e. The number of amides is 1. The lowest BCUT2D eigenvalue weighted by Crippen LogP contribution is -2.36. The number of benzene rings is 2. The Morgan fingerprint density at radius 3 is 2.42 bits per heavy atom. The van der Waals surface area contributed by atoms with E-state index in [2.05, 4.69) is 34.6 Å². The first-order valence-corrected chi connectivity index (χ1v) is 10.7. The normalized spacial score (nSPS) is 11.5. The predicted molar refractivity (Wildman–Crippen MR) is 127 cm³/mol. The Morgan fingerprint density at radius 2 is 1.77 bits per heavy atom. The number of hydrogen-bond donors (Lipinski definition) is 2. The molecular formula is C25H31N5O. The van der Waals surface area contributed by atoms with Crippen LogP contribution in [-0.2, 0) is 13.0 Å². The van der Waals surface area contributed by atoms with Crippen LogP contribution in [0.5, 0.6) is 0 Å². The summed E-state index contributed by atoms with van der Waals surface area (Å²) in [6.45, 7) is 11.6. The van der Waals surface area contributed by atoms with Crippen molar-refractivity contribution in [3.63, 3.8) is 0 Å². The number of anilines is 1. The van der Waals surface area contributed by atoms with Crippen LogP contribution in [0.15, 0.2) is 53.5 Å². The van der Waals surface area contributed by atoms with Crippen molar-refractivity contribution >= 4 is 17.6 Å². The standard InChI is InChI=1S/C25H31N5O/c1-6-30-20(5)23(19(4)29-30)14-15-26-25(27-22-12-10-17(2)11-13-22)28-24(31)21-9-7-8-18(3)16-21/h7-13,16H,6,14-15H2,1-5H3,(H2,26,27,28,31). The topological polar surface area (TPSA) is 71.3 Å². The molecule has 0 radical (unpaired) electrons. The summed E-state index contributed by atoms with van der Waals surface area (Å²) in [7, 11) is 0. The van der Waals surface area contributed by atoms with Crippen LogP contribution < -0.4 is 10.6 Å². The molecule has 0 saturated heterocycles. The maximum atomic E-state index is 12.8. The molecule has 2 N–H and O–H groups in total. The van der Waals surface area contributed by atoms with E-state index in [4.69, 9.17) is 0 Å². The summed E-state index contributed by atoms with van der Waals surface area (Å²) in [5.74, 6) is 0.252. The minimum absolute atomic E-state index is 0.187. The Bertz CT molecular complexity index is 1080. The maximum Gasteiger partial charge on any atom is 0.257 e. The minimum atomic E-state index is -0.187. The second-order valence-corrected chi connectivity index (χ2v) is 7.76. The Labute approximate surface area is 184 Å². The zero-order chi connectivity index (χ0) is 22.4. The van der Waals surface area contributed by atoms with Crippen LogP contribution in [0.4, 0.5) is 5.69 Å². The van der Waals surface area contributed by atoms with Crippen molar-refractivity contribution < 1.29 is 4.79 Å². The van der Waals surface area contributed by atoms with Crippen molar-refractivity contribution in [1.82, 2.24) is 15.1 Å². The van der Waals surface area contributed by atoms with E-state index < -0.39 is 0 Å². The highest BCUT2D eigenvalue weighted by Gasteiger charge is 2.12. The molecule has 0 aliphatic carbocycles. The van der Waals surface area contributed by atoms with E-state index in [9.17, 15) is 4.79 Å². The first-order chi connectivity index (χ1) is 14.9. The lowest BCUT2D eigenvalue weighted by Gasteiger charge is -2.12. The van der Waals surface area contributed by atoms with Gasteiger partial charge < -0.3 is 5.32 Å². The van der Waals surface area contributed by atoms with Crippen molar-refractivity contribution in [2.24, 2.45) is 4.99 Å². The van der Waals surface area contributed by atoms with E-state index >= 15 is 0 Å². The molecule has 0 aliphatic rings. The molecule has 0 fully saturated rings. The summed E-state index contributed by atoms with van der Waals surface area (Å²) in [4.78, 5) is 17.5. The number of carbonyl (C=O) groups excluding carboxylic acids is 1. The van der Waals surface area contributed by atoms with Crippen molar-refractivity contribution in [2.75, 3.05) is 11.9 Å². The number of guanidine groups is 1. The van der Waals surface area contributed by atoms with Gasteiger partial charge in [-0.25, -0.2) is 0 Å². The highest BCUT2D eigenvalue weighted by molar-refractivity contribution is 6.10. The Kier molecular flexibility index (Phi) is 7.23. The molecule has 31 heavy (non-hydrogen) atoms. The molecule has 162 valence electrons. The number of nitrogens with zero attached hydrogens (tertiary/aromatic N) is 3. The van der Waals surface area contributed by atoms with Gasteiger partial charge in [-0.3, -0.25) is 19.8 Å². The largest absolute Gasteiger partial charge is 0.326 e. The van der Waals surface area contributed by atoms with E-state index in [-0.39, 0.29) is 5.91 Å². The van der Waals surface area contributed by atoms with Gasteiger partial charge >= 0.3 is 0 Å². The number of hydrogen-bond acceptors (Lipinski definition) is 3. The van der Waals surface area contributed by atoms with Gasteiger partial charge in [-0.1, -0.05) is 35.4 Å². The third kappa shape index (κ3) is 5.81. The van der Waals surface area contributed by atoms with Gasteiger partial charge in [0.25, 0.3) is 5.91 Å². The SMILES string of the molecule is CCn1nc(C)c(CCN=C(NC(=O)c2cccc(C)c2)Nc2ccc(C)cc2)c1C. The highest BCUT2D eigenvalue weighted by Crippen LogP contribution is 2.14. The molecule has 6 heteroatoms. The summed E-state index contributed by atoms with van der Waals surface area (Å²) < 4.78 is 2.01. The molecule has 0 bridgehead atoms. The lowest BCUT2D eigenvalue weighted by molar-refractivity contribution is 0.0977. The van der Waals surface area contributed by atoms with Crippen LogP contribution in [0.25, 0.3) is 0 Å². The Balaban J connectivity index is 1.78. The molecule has 2 aromatic carbocycles. The zero-order valence-electron chi connectivity index (χ0n) is 19.0. The number of aromatic nitrogens is 2. The monoisotopic (exact) mass is 417 g/mol. The molecule has 1 heterocycles. The minimum Gasteiger partial charge on any atom is -0.326 e. The summed E-state index contributed by atoms with van der Waals surface area (Å²) in [6, 6.07) is 15.5. The van der Waals surface area contributed by atoms with Gasteiger partial charge in [0.1, 0.15) is 0 Å². The average molecular weight is 418 g/mol. The molecular weight excluding hydrogens is 386 g/mol. The first-order valence-electron chi connectivity index (χ1n) is 10.7. The fourth-order valence-corrected chi connectivity index (χ4v) is 3.53. The summed E-state index contributed by atoms with van der Waals surface area (Å²) in [5, 5.41) is 10.8. The van der Waals surface area contributed by atoms with Crippen LogP contribution in [0.1, 0.15) is 45.4 Å². The van der Waals surface area contributed by atoms with E-state index in [0.29, 0.717) is 18.1 Å². The van der Waals surface area contributed by atoms with Gasteiger partial charge in [0, 0.05) is 30.0 Å². The van der Waals surface area contributed by atoms with Gasteiger partial charge in [-0.15, -0.1) is 0 Å². The summed E-state index contributed by atoms with van der Waals surface area (Å²) in [6.07, 6.45) is 0.761. The molecule has 0 atom stereocenters. The molecule has 3 rings (SSSR count). The molecule has 0 unspecified atom stereocenters. The van der Waals surface area contributed by atoms with Gasteiger partial charge in [0.15, 0.2) is 0 Å². The fourth-order valence-electron chi connectivity index (χ4n) is 3.53. The lowest BCUT2D eigenvalue weighted by atomic mass is 10.1. The molecule has 0 spiro atoms. The molecule has 0 saturated carbocycles. The quantitative estimate of drug-likeness (QED) is 0.456. The number of aliphatic imine (C=N–C) groups is 1. The fraction of sp³-hybridized carbons (Fsp3) is 0.320. The van der Waals surface area contributed by atoms with Crippen LogP contribution in [-0.4, -0.2) is 28.2 Å². The first kappa shape index (κ1) is 22.3. The van der Waals surface area contributed by atoms with Gasteiger partial charge in [0.05, 0.1) is 5.69 Å². The summed E-state index contributed by atoms with van der Waals surface area (Å²) in [5.41, 5.74) is 7.11. The maximum absolute atomic E-state index is 12.8. The van der Waals surface area contributed by atoms with Crippen molar-refractivity contribution in [3.8, 4) is 0 Å². The van der Waals surface area contributed by atoms with Crippen molar-refractivity contribution in [3.05, 3.63) is 82.2 Å². The molecule has 1 amide bonds.